The second-order valence-corrected chi connectivity index (χ2v) is 7.67. The van der Waals surface area contributed by atoms with Crippen LogP contribution in [0, 0.1) is 0 Å². The molecule has 0 aliphatic heterocycles. The fourth-order valence-corrected chi connectivity index (χ4v) is 3.33. The highest BCUT2D eigenvalue weighted by molar-refractivity contribution is 5.26. The zero-order valence-corrected chi connectivity index (χ0v) is 13.3. The van der Waals surface area contributed by atoms with Crippen molar-refractivity contribution in [1.29, 1.82) is 0 Å². The van der Waals surface area contributed by atoms with Gasteiger partial charge in [-0.1, -0.05) is 19.3 Å². The van der Waals surface area contributed by atoms with E-state index in [2.05, 4.69) is 37.0 Å². The quantitative estimate of drug-likeness (QED) is 0.894. The van der Waals surface area contributed by atoms with Crippen LogP contribution in [-0.4, -0.2) is 15.3 Å². The van der Waals surface area contributed by atoms with Crippen molar-refractivity contribution in [2.75, 3.05) is 0 Å². The maximum Gasteiger partial charge on any atom is 0.0537 e. The van der Waals surface area contributed by atoms with Gasteiger partial charge in [-0.15, -0.1) is 0 Å². The third-order valence-electron chi connectivity index (χ3n) is 4.61. The van der Waals surface area contributed by atoms with Gasteiger partial charge in [-0.3, -0.25) is 4.68 Å². The van der Waals surface area contributed by atoms with Crippen molar-refractivity contribution in [3.8, 4) is 0 Å². The van der Waals surface area contributed by atoms with Gasteiger partial charge in [0, 0.05) is 29.3 Å². The summed E-state index contributed by atoms with van der Waals surface area (Å²) >= 11 is 0. The Morgan fingerprint density at radius 2 is 1.85 bits per heavy atom. The van der Waals surface area contributed by atoms with Crippen LogP contribution in [0.5, 0.6) is 0 Å². The molecule has 0 aromatic carbocycles. The Kier molecular flexibility index (Phi) is 3.89. The van der Waals surface area contributed by atoms with Crippen LogP contribution in [0.3, 0.4) is 0 Å². The van der Waals surface area contributed by atoms with Crippen LogP contribution in [0.2, 0.25) is 0 Å². The molecule has 2 saturated carbocycles. The first-order valence-electron chi connectivity index (χ1n) is 8.36. The number of hydrogen-bond acceptors (Lipinski definition) is 2. The molecule has 112 valence electrons. The maximum atomic E-state index is 4.78. The molecule has 0 atom stereocenters. The summed E-state index contributed by atoms with van der Waals surface area (Å²) in [6, 6.07) is 0.669. The SMILES string of the molecule is CC(C)(C)NCc1cnn(C2CCCCC2)c1C1CC1. The predicted molar refractivity (Wildman–Crippen MR) is 82.9 cm³/mol. The van der Waals surface area contributed by atoms with Gasteiger partial charge in [0.15, 0.2) is 0 Å². The van der Waals surface area contributed by atoms with E-state index in [1.807, 2.05) is 0 Å². The topological polar surface area (TPSA) is 29.9 Å². The molecule has 1 aromatic rings. The number of nitrogens with zero attached hydrogens (tertiary/aromatic N) is 2. The van der Waals surface area contributed by atoms with Gasteiger partial charge in [-0.2, -0.15) is 5.10 Å². The normalized spacial score (nSPS) is 21.4. The third-order valence-corrected chi connectivity index (χ3v) is 4.61. The van der Waals surface area contributed by atoms with Crippen molar-refractivity contribution in [1.82, 2.24) is 15.1 Å². The Morgan fingerprint density at radius 1 is 1.15 bits per heavy atom. The van der Waals surface area contributed by atoms with Crippen molar-refractivity contribution in [3.63, 3.8) is 0 Å². The fraction of sp³-hybridized carbons (Fsp3) is 0.824. The lowest BCUT2D eigenvalue weighted by atomic mass is 9.95. The highest BCUT2D eigenvalue weighted by Crippen LogP contribution is 2.44. The molecule has 0 amide bonds. The second-order valence-electron chi connectivity index (χ2n) is 7.67. The minimum absolute atomic E-state index is 0.174. The highest BCUT2D eigenvalue weighted by atomic mass is 15.3. The Balaban J connectivity index is 1.78. The standard InChI is InChI=1S/C17H29N3/c1-17(2,3)18-11-14-12-19-20(16(14)13-9-10-13)15-7-5-4-6-8-15/h12-13,15,18H,4-11H2,1-3H3. The van der Waals surface area contributed by atoms with Gasteiger partial charge in [0.25, 0.3) is 0 Å². The average molecular weight is 275 g/mol. The van der Waals surface area contributed by atoms with E-state index in [1.165, 1.54) is 50.5 Å². The van der Waals surface area contributed by atoms with Gasteiger partial charge in [0.2, 0.25) is 0 Å². The Hall–Kier alpha value is -0.830. The monoisotopic (exact) mass is 275 g/mol. The van der Waals surface area contributed by atoms with Gasteiger partial charge >= 0.3 is 0 Å². The number of rotatable bonds is 4. The molecule has 1 aromatic heterocycles. The minimum Gasteiger partial charge on any atom is -0.308 e. The number of nitrogens with one attached hydrogen (secondary N) is 1. The smallest absolute Gasteiger partial charge is 0.0537 e. The molecule has 0 bridgehead atoms. The van der Waals surface area contributed by atoms with E-state index in [4.69, 9.17) is 5.10 Å². The average Bonchev–Trinajstić information content (AvgIpc) is 3.16. The Labute approximate surface area is 123 Å². The van der Waals surface area contributed by atoms with Crippen molar-refractivity contribution in [2.24, 2.45) is 0 Å². The van der Waals surface area contributed by atoms with E-state index < -0.39 is 0 Å². The number of hydrogen-bond donors (Lipinski definition) is 1. The molecule has 0 spiro atoms. The summed E-state index contributed by atoms with van der Waals surface area (Å²) in [5, 5.41) is 8.40. The minimum atomic E-state index is 0.174. The van der Waals surface area contributed by atoms with Crippen LogP contribution in [0.1, 0.15) is 88.9 Å². The summed E-state index contributed by atoms with van der Waals surface area (Å²) in [5.41, 5.74) is 3.16. The zero-order valence-electron chi connectivity index (χ0n) is 13.3. The summed E-state index contributed by atoms with van der Waals surface area (Å²) in [7, 11) is 0. The fourth-order valence-electron chi connectivity index (χ4n) is 3.33. The maximum absolute atomic E-state index is 4.78. The van der Waals surface area contributed by atoms with Gasteiger partial charge in [-0.25, -0.2) is 0 Å². The molecule has 2 aliphatic carbocycles. The van der Waals surface area contributed by atoms with Crippen molar-refractivity contribution < 1.29 is 0 Å². The number of aromatic nitrogens is 2. The largest absolute Gasteiger partial charge is 0.308 e. The molecule has 1 heterocycles. The van der Waals surface area contributed by atoms with Crippen LogP contribution in [0.25, 0.3) is 0 Å². The van der Waals surface area contributed by atoms with Crippen molar-refractivity contribution in [2.45, 2.75) is 89.8 Å². The first-order chi connectivity index (χ1) is 9.54. The van der Waals surface area contributed by atoms with Crippen LogP contribution in [0.15, 0.2) is 6.20 Å². The molecule has 0 unspecified atom stereocenters. The van der Waals surface area contributed by atoms with Crippen LogP contribution >= 0.6 is 0 Å². The lowest BCUT2D eigenvalue weighted by molar-refractivity contribution is 0.321. The Bertz CT molecular complexity index is 445. The van der Waals surface area contributed by atoms with Gasteiger partial charge < -0.3 is 5.32 Å². The van der Waals surface area contributed by atoms with E-state index in [9.17, 15) is 0 Å². The second kappa shape index (κ2) is 5.51. The van der Waals surface area contributed by atoms with Crippen LogP contribution in [0.4, 0.5) is 0 Å². The molecule has 0 radical (unpaired) electrons. The van der Waals surface area contributed by atoms with Gasteiger partial charge in [0.1, 0.15) is 0 Å². The lowest BCUT2D eigenvalue weighted by Crippen LogP contribution is -2.35. The van der Waals surface area contributed by atoms with Crippen LogP contribution < -0.4 is 5.32 Å². The van der Waals surface area contributed by atoms with E-state index in [0.29, 0.717) is 6.04 Å². The molecular weight excluding hydrogens is 246 g/mol. The molecule has 3 heteroatoms. The van der Waals surface area contributed by atoms with E-state index in [0.717, 1.165) is 12.5 Å². The third kappa shape index (κ3) is 3.25. The molecule has 2 aliphatic rings. The van der Waals surface area contributed by atoms with Gasteiger partial charge in [0.05, 0.1) is 12.2 Å². The molecule has 3 rings (SSSR count). The summed E-state index contributed by atoms with van der Waals surface area (Å²) in [5.74, 6) is 0.788. The van der Waals surface area contributed by atoms with E-state index in [-0.39, 0.29) is 5.54 Å². The summed E-state index contributed by atoms with van der Waals surface area (Å²) < 4.78 is 2.40. The summed E-state index contributed by atoms with van der Waals surface area (Å²) in [6.07, 6.45) is 11.7. The lowest BCUT2D eigenvalue weighted by Gasteiger charge is -2.25. The molecular formula is C17H29N3. The molecule has 1 N–H and O–H groups in total. The van der Waals surface area contributed by atoms with Gasteiger partial charge in [-0.05, 0) is 46.5 Å². The molecule has 20 heavy (non-hydrogen) atoms. The molecule has 0 saturated heterocycles. The predicted octanol–water partition coefficient (Wildman–Crippen LogP) is 4.15. The van der Waals surface area contributed by atoms with E-state index >= 15 is 0 Å². The first-order valence-corrected chi connectivity index (χ1v) is 8.36. The Morgan fingerprint density at radius 3 is 2.45 bits per heavy atom. The first kappa shape index (κ1) is 14.1. The van der Waals surface area contributed by atoms with Crippen molar-refractivity contribution >= 4 is 0 Å². The summed E-state index contributed by atoms with van der Waals surface area (Å²) in [4.78, 5) is 0. The van der Waals surface area contributed by atoms with Crippen LogP contribution in [-0.2, 0) is 6.54 Å². The zero-order chi connectivity index (χ0) is 14.2. The van der Waals surface area contributed by atoms with E-state index in [1.54, 1.807) is 5.69 Å². The molecule has 3 nitrogen and oxygen atoms in total. The molecule has 2 fully saturated rings. The van der Waals surface area contributed by atoms with Crippen molar-refractivity contribution in [3.05, 3.63) is 17.5 Å². The summed E-state index contributed by atoms with van der Waals surface area (Å²) in [6.45, 7) is 7.65. The highest BCUT2D eigenvalue weighted by Gasteiger charge is 2.32.